The molecule has 1 aliphatic carbocycles. The van der Waals surface area contributed by atoms with Crippen molar-refractivity contribution >= 4 is 21.4 Å². The summed E-state index contributed by atoms with van der Waals surface area (Å²) in [6.07, 6.45) is 4.38. The van der Waals surface area contributed by atoms with E-state index in [0.29, 0.717) is 23.3 Å². The molecule has 1 N–H and O–H groups in total. The molecule has 118 valence electrons. The molecule has 0 amide bonds. The number of thiophene rings is 1. The van der Waals surface area contributed by atoms with E-state index < -0.39 is 10.0 Å². The van der Waals surface area contributed by atoms with E-state index >= 15 is 0 Å². The van der Waals surface area contributed by atoms with Gasteiger partial charge in [0.25, 0.3) is 10.0 Å². The van der Waals surface area contributed by atoms with E-state index in [2.05, 4.69) is 19.2 Å². The van der Waals surface area contributed by atoms with E-state index in [4.69, 9.17) is 0 Å². The zero-order valence-electron chi connectivity index (χ0n) is 12.8. The molecule has 1 aliphatic heterocycles. The van der Waals surface area contributed by atoms with Crippen molar-refractivity contribution in [1.82, 2.24) is 9.62 Å². The summed E-state index contributed by atoms with van der Waals surface area (Å²) in [5, 5.41) is 3.43. The third-order valence-corrected chi connectivity index (χ3v) is 7.90. The zero-order chi connectivity index (χ0) is 15.1. The highest BCUT2D eigenvalue weighted by molar-refractivity contribution is 7.91. The van der Waals surface area contributed by atoms with Crippen molar-refractivity contribution in [3.63, 3.8) is 0 Å². The van der Waals surface area contributed by atoms with Crippen molar-refractivity contribution in [2.75, 3.05) is 13.1 Å². The number of hydrogen-bond donors (Lipinski definition) is 1. The molecule has 1 aromatic heterocycles. The maximum Gasteiger partial charge on any atom is 0.252 e. The molecule has 6 heteroatoms. The minimum Gasteiger partial charge on any atom is -0.309 e. The summed E-state index contributed by atoms with van der Waals surface area (Å²) < 4.78 is 27.5. The molecule has 0 atom stereocenters. The van der Waals surface area contributed by atoms with Crippen LogP contribution in [0.25, 0.3) is 0 Å². The molecule has 3 rings (SSSR count). The van der Waals surface area contributed by atoms with Crippen molar-refractivity contribution in [3.8, 4) is 0 Å². The molecule has 0 bridgehead atoms. The van der Waals surface area contributed by atoms with Gasteiger partial charge in [-0.25, -0.2) is 8.42 Å². The van der Waals surface area contributed by atoms with Crippen LogP contribution in [0.3, 0.4) is 0 Å². The highest BCUT2D eigenvalue weighted by Crippen LogP contribution is 2.34. The lowest BCUT2D eigenvalue weighted by molar-refractivity contribution is 0.196. The molecule has 2 aliphatic rings. The van der Waals surface area contributed by atoms with Gasteiger partial charge in [0.05, 0.1) is 0 Å². The SMILES string of the molecule is CC1(C)CCN(S(=O)(=O)c2ccc(CNC3CC3)s2)CC1. The Morgan fingerprint density at radius 2 is 1.95 bits per heavy atom. The van der Waals surface area contributed by atoms with Crippen LogP contribution in [0.1, 0.15) is 44.4 Å². The molecule has 4 nitrogen and oxygen atoms in total. The number of rotatable bonds is 5. The molecule has 21 heavy (non-hydrogen) atoms. The molecule has 1 saturated carbocycles. The van der Waals surface area contributed by atoms with Gasteiger partial charge in [-0.3, -0.25) is 0 Å². The first-order valence-electron chi connectivity index (χ1n) is 7.69. The number of nitrogens with one attached hydrogen (secondary N) is 1. The summed E-state index contributed by atoms with van der Waals surface area (Å²) in [5.41, 5.74) is 0.265. The van der Waals surface area contributed by atoms with E-state index in [1.54, 1.807) is 10.4 Å². The lowest BCUT2D eigenvalue weighted by atomic mass is 9.83. The molecule has 2 heterocycles. The predicted octanol–water partition coefficient (Wildman–Crippen LogP) is 2.81. The quantitative estimate of drug-likeness (QED) is 0.904. The van der Waals surface area contributed by atoms with Crippen LogP contribution >= 0.6 is 11.3 Å². The van der Waals surface area contributed by atoms with E-state index in [1.165, 1.54) is 24.2 Å². The standard InChI is InChI=1S/C15H24N2O2S2/c1-15(2)7-9-17(10-8-15)21(18,19)14-6-5-13(20-14)11-16-12-3-4-12/h5-6,12,16H,3-4,7-11H2,1-2H3. The molecule has 1 aromatic rings. The summed E-state index contributed by atoms with van der Waals surface area (Å²) in [5.74, 6) is 0. The Morgan fingerprint density at radius 1 is 1.29 bits per heavy atom. The first-order chi connectivity index (χ1) is 9.87. The Hall–Kier alpha value is -0.430. The van der Waals surface area contributed by atoms with Crippen LogP contribution in [0.4, 0.5) is 0 Å². The van der Waals surface area contributed by atoms with Gasteiger partial charge in [-0.1, -0.05) is 13.8 Å². The van der Waals surface area contributed by atoms with Gasteiger partial charge in [0.1, 0.15) is 4.21 Å². The third kappa shape index (κ3) is 3.67. The minimum atomic E-state index is -3.29. The Balaban J connectivity index is 1.66. The van der Waals surface area contributed by atoms with Crippen molar-refractivity contribution in [3.05, 3.63) is 17.0 Å². The second kappa shape index (κ2) is 5.65. The highest BCUT2D eigenvalue weighted by Gasteiger charge is 2.33. The van der Waals surface area contributed by atoms with E-state index in [9.17, 15) is 8.42 Å². The van der Waals surface area contributed by atoms with Gasteiger partial charge >= 0.3 is 0 Å². The van der Waals surface area contributed by atoms with Gasteiger partial charge in [0.15, 0.2) is 0 Å². The van der Waals surface area contributed by atoms with Crippen LogP contribution in [-0.4, -0.2) is 31.9 Å². The largest absolute Gasteiger partial charge is 0.309 e. The van der Waals surface area contributed by atoms with Crippen LogP contribution in [0, 0.1) is 5.41 Å². The summed E-state index contributed by atoms with van der Waals surface area (Å²) in [6, 6.07) is 4.36. The van der Waals surface area contributed by atoms with Crippen LogP contribution in [0.15, 0.2) is 16.3 Å². The van der Waals surface area contributed by atoms with Crippen LogP contribution in [-0.2, 0) is 16.6 Å². The number of piperidine rings is 1. The summed E-state index contributed by atoms with van der Waals surface area (Å²) in [6.45, 7) is 6.50. The van der Waals surface area contributed by atoms with Crippen molar-refractivity contribution in [2.24, 2.45) is 5.41 Å². The van der Waals surface area contributed by atoms with Gasteiger partial charge in [-0.15, -0.1) is 11.3 Å². The Kier molecular flexibility index (Phi) is 4.16. The topological polar surface area (TPSA) is 49.4 Å². The maximum absolute atomic E-state index is 12.7. The molecular weight excluding hydrogens is 304 g/mol. The molecule has 0 spiro atoms. The van der Waals surface area contributed by atoms with Crippen molar-refractivity contribution < 1.29 is 8.42 Å². The average molecular weight is 329 g/mol. The van der Waals surface area contributed by atoms with Crippen LogP contribution < -0.4 is 5.32 Å². The Morgan fingerprint density at radius 3 is 2.57 bits per heavy atom. The normalized spacial score (nSPS) is 23.3. The van der Waals surface area contributed by atoms with Gasteiger partial charge in [-0.2, -0.15) is 4.31 Å². The van der Waals surface area contributed by atoms with Crippen molar-refractivity contribution in [1.29, 1.82) is 0 Å². The fourth-order valence-electron chi connectivity index (χ4n) is 2.58. The lowest BCUT2D eigenvalue weighted by Gasteiger charge is -2.35. The monoisotopic (exact) mass is 328 g/mol. The zero-order valence-corrected chi connectivity index (χ0v) is 14.4. The highest BCUT2D eigenvalue weighted by atomic mass is 32.2. The minimum absolute atomic E-state index is 0.265. The molecular formula is C15H24N2O2S2. The smallest absolute Gasteiger partial charge is 0.252 e. The van der Waals surface area contributed by atoms with Crippen LogP contribution in [0.2, 0.25) is 0 Å². The third-order valence-electron chi connectivity index (χ3n) is 4.45. The Bertz CT molecular complexity index is 593. The first-order valence-corrected chi connectivity index (χ1v) is 9.95. The fourth-order valence-corrected chi connectivity index (χ4v) is 5.49. The fraction of sp³-hybridized carbons (Fsp3) is 0.733. The molecule has 2 fully saturated rings. The number of hydrogen-bond acceptors (Lipinski definition) is 4. The van der Waals surface area contributed by atoms with Gasteiger partial charge in [-0.05, 0) is 43.2 Å². The Labute approximate surface area is 131 Å². The molecule has 0 aromatic carbocycles. The van der Waals surface area contributed by atoms with Gasteiger partial charge in [0.2, 0.25) is 0 Å². The van der Waals surface area contributed by atoms with Crippen LogP contribution in [0.5, 0.6) is 0 Å². The maximum atomic E-state index is 12.7. The van der Waals surface area contributed by atoms with E-state index in [0.717, 1.165) is 24.3 Å². The summed E-state index contributed by atoms with van der Waals surface area (Å²) in [4.78, 5) is 1.11. The van der Waals surface area contributed by atoms with E-state index in [1.807, 2.05) is 6.07 Å². The second-order valence-corrected chi connectivity index (χ2v) is 10.3. The molecule has 1 saturated heterocycles. The summed E-state index contributed by atoms with van der Waals surface area (Å²) in [7, 11) is -3.29. The molecule has 0 unspecified atom stereocenters. The molecule has 0 radical (unpaired) electrons. The van der Waals surface area contributed by atoms with Gasteiger partial charge in [0, 0.05) is 30.6 Å². The summed E-state index contributed by atoms with van der Waals surface area (Å²) >= 11 is 1.41. The predicted molar refractivity (Wildman–Crippen MR) is 86.0 cm³/mol. The van der Waals surface area contributed by atoms with Gasteiger partial charge < -0.3 is 5.32 Å². The second-order valence-electron chi connectivity index (χ2n) is 6.94. The lowest BCUT2D eigenvalue weighted by Crippen LogP contribution is -2.40. The number of sulfonamides is 1. The van der Waals surface area contributed by atoms with Crippen molar-refractivity contribution in [2.45, 2.75) is 56.3 Å². The first kappa shape index (κ1) is 15.5. The average Bonchev–Trinajstić information content (AvgIpc) is 3.12. The van der Waals surface area contributed by atoms with E-state index in [-0.39, 0.29) is 5.41 Å². The number of nitrogens with zero attached hydrogens (tertiary/aromatic N) is 1.